The average Bonchev–Trinajstić information content (AvgIpc) is 2.32. The Morgan fingerprint density at radius 1 is 0.938 bits per heavy atom. The van der Waals surface area contributed by atoms with Crippen molar-refractivity contribution in [3.05, 3.63) is 47.1 Å². The monoisotopic (exact) mass is 216 g/mol. The minimum Gasteiger partial charge on any atom is -0.0842 e. The van der Waals surface area contributed by atoms with Gasteiger partial charge in [-0.05, 0) is 43.8 Å². The number of hydrogen-bond donors (Lipinski definition) is 0. The summed E-state index contributed by atoms with van der Waals surface area (Å²) in [7, 11) is 0. The summed E-state index contributed by atoms with van der Waals surface area (Å²) in [6.07, 6.45) is 17.4. The van der Waals surface area contributed by atoms with Crippen LogP contribution in [0.4, 0.5) is 0 Å². The molecule has 0 heteroatoms. The van der Waals surface area contributed by atoms with Crippen molar-refractivity contribution >= 4 is 0 Å². The second-order valence-corrected chi connectivity index (χ2v) is 4.57. The molecule has 0 aromatic rings. The average molecular weight is 216 g/mol. The lowest BCUT2D eigenvalue weighted by Gasteiger charge is -2.16. The lowest BCUT2D eigenvalue weighted by atomic mass is 9.90. The Kier molecular flexibility index (Phi) is 5.92. The van der Waals surface area contributed by atoms with Gasteiger partial charge in [-0.15, -0.1) is 0 Å². The summed E-state index contributed by atoms with van der Waals surface area (Å²) in [5.41, 5.74) is 4.61. The molecule has 0 aromatic carbocycles. The minimum atomic E-state index is 1.21. The fraction of sp³-hybridized carbons (Fsp3) is 0.500. The molecule has 2 rings (SSSR count). The van der Waals surface area contributed by atoms with Gasteiger partial charge in [-0.25, -0.2) is 0 Å². The highest BCUT2D eigenvalue weighted by atomic mass is 14.1. The van der Waals surface area contributed by atoms with Crippen LogP contribution >= 0.6 is 0 Å². The highest BCUT2D eigenvalue weighted by Gasteiger charge is 2.08. The first-order valence-electron chi connectivity index (χ1n) is 6.50. The Labute approximate surface area is 100 Å². The van der Waals surface area contributed by atoms with Crippen LogP contribution in [0.25, 0.3) is 0 Å². The van der Waals surface area contributed by atoms with Crippen LogP contribution in [-0.4, -0.2) is 0 Å². The van der Waals surface area contributed by atoms with Crippen molar-refractivity contribution in [2.75, 3.05) is 0 Å². The van der Waals surface area contributed by atoms with E-state index in [4.69, 9.17) is 0 Å². The highest BCUT2D eigenvalue weighted by molar-refractivity contribution is 5.40. The minimum absolute atomic E-state index is 1.21. The molecule has 0 radical (unpaired) electrons. The van der Waals surface area contributed by atoms with Crippen LogP contribution in [0.15, 0.2) is 47.1 Å². The van der Waals surface area contributed by atoms with Crippen LogP contribution in [0.2, 0.25) is 0 Å². The molecular formula is C16H24. The van der Waals surface area contributed by atoms with Crippen molar-refractivity contribution in [2.45, 2.75) is 52.9 Å². The molecule has 0 fully saturated rings. The molecule has 0 bridgehead atoms. The van der Waals surface area contributed by atoms with Gasteiger partial charge in [0.05, 0.1) is 0 Å². The zero-order valence-corrected chi connectivity index (χ0v) is 10.9. The molecule has 0 aliphatic heterocycles. The third kappa shape index (κ3) is 4.22. The van der Waals surface area contributed by atoms with Crippen LogP contribution in [0.5, 0.6) is 0 Å². The van der Waals surface area contributed by atoms with E-state index in [1.807, 2.05) is 0 Å². The van der Waals surface area contributed by atoms with Crippen LogP contribution in [-0.2, 0) is 0 Å². The Morgan fingerprint density at radius 3 is 2.12 bits per heavy atom. The van der Waals surface area contributed by atoms with Gasteiger partial charge in [0.25, 0.3) is 0 Å². The second-order valence-electron chi connectivity index (χ2n) is 4.57. The zero-order chi connectivity index (χ0) is 11.8. The molecule has 0 heterocycles. The van der Waals surface area contributed by atoms with E-state index in [-0.39, 0.29) is 0 Å². The van der Waals surface area contributed by atoms with Crippen LogP contribution in [0.3, 0.4) is 0 Å². The summed E-state index contributed by atoms with van der Waals surface area (Å²) in [4.78, 5) is 0. The summed E-state index contributed by atoms with van der Waals surface area (Å²) in [6.45, 7) is 6.46. The zero-order valence-electron chi connectivity index (χ0n) is 10.9. The van der Waals surface area contributed by atoms with Crippen LogP contribution in [0, 0.1) is 0 Å². The standard InChI is InChI=1S/C13H16.C3H8/c1-11-7-9-13(10-8-11)12-5-3-2-4-6-12;1-3-2/h2-3,5,7,9H,4,6,8,10H2,1H3;3H2,1-2H3. The molecule has 0 saturated heterocycles. The van der Waals surface area contributed by atoms with Crippen molar-refractivity contribution in [1.29, 1.82) is 0 Å². The molecule has 0 atom stereocenters. The van der Waals surface area contributed by atoms with Gasteiger partial charge in [-0.1, -0.05) is 56.2 Å². The molecule has 2 aliphatic carbocycles. The highest BCUT2D eigenvalue weighted by Crippen LogP contribution is 2.28. The van der Waals surface area contributed by atoms with Gasteiger partial charge >= 0.3 is 0 Å². The maximum Gasteiger partial charge on any atom is -0.0239 e. The van der Waals surface area contributed by atoms with Gasteiger partial charge < -0.3 is 0 Å². The number of rotatable bonds is 1. The van der Waals surface area contributed by atoms with Crippen molar-refractivity contribution in [3.8, 4) is 0 Å². The first-order chi connectivity index (χ1) is 7.77. The first-order valence-corrected chi connectivity index (χ1v) is 6.50. The Balaban J connectivity index is 0.000000386. The van der Waals surface area contributed by atoms with Crippen molar-refractivity contribution < 1.29 is 0 Å². The fourth-order valence-electron chi connectivity index (χ4n) is 1.88. The predicted molar refractivity (Wildman–Crippen MR) is 73.5 cm³/mol. The van der Waals surface area contributed by atoms with E-state index < -0.39 is 0 Å². The van der Waals surface area contributed by atoms with Gasteiger partial charge in [0.1, 0.15) is 0 Å². The first kappa shape index (κ1) is 13.0. The molecule has 0 saturated carbocycles. The SMILES string of the molecule is CC1=CC=C(C2=CC=CCC2)CC1.CCC. The van der Waals surface area contributed by atoms with Crippen molar-refractivity contribution in [2.24, 2.45) is 0 Å². The normalized spacial score (nSPS) is 19.1. The smallest absolute Gasteiger partial charge is 0.0239 e. The van der Waals surface area contributed by atoms with Crippen LogP contribution < -0.4 is 0 Å². The van der Waals surface area contributed by atoms with Crippen LogP contribution in [0.1, 0.15) is 52.9 Å². The third-order valence-corrected chi connectivity index (χ3v) is 2.78. The molecule has 0 N–H and O–H groups in total. The molecule has 0 amide bonds. The Morgan fingerprint density at radius 2 is 1.62 bits per heavy atom. The van der Waals surface area contributed by atoms with Gasteiger partial charge in [0.15, 0.2) is 0 Å². The Bertz CT molecular complexity index is 324. The fourth-order valence-corrected chi connectivity index (χ4v) is 1.88. The largest absolute Gasteiger partial charge is 0.0842 e. The maximum absolute atomic E-state index is 2.30. The number of hydrogen-bond acceptors (Lipinski definition) is 0. The van der Waals surface area contributed by atoms with Gasteiger partial charge in [0, 0.05) is 0 Å². The molecule has 0 aromatic heterocycles. The summed E-state index contributed by atoms with van der Waals surface area (Å²) in [5.74, 6) is 0. The van der Waals surface area contributed by atoms with E-state index in [2.05, 4.69) is 51.2 Å². The second kappa shape index (κ2) is 7.27. The number of allylic oxidation sites excluding steroid dienone is 8. The van der Waals surface area contributed by atoms with Gasteiger partial charge in [-0.2, -0.15) is 0 Å². The molecule has 0 unspecified atom stereocenters. The lowest BCUT2D eigenvalue weighted by molar-refractivity contribution is 0.870. The summed E-state index contributed by atoms with van der Waals surface area (Å²) in [5, 5.41) is 0. The van der Waals surface area contributed by atoms with E-state index in [0.29, 0.717) is 0 Å². The molecule has 88 valence electrons. The summed E-state index contributed by atoms with van der Waals surface area (Å²) < 4.78 is 0. The predicted octanol–water partition coefficient (Wildman–Crippen LogP) is 5.35. The molecule has 0 nitrogen and oxygen atoms in total. The van der Waals surface area contributed by atoms with E-state index in [1.165, 1.54) is 37.7 Å². The van der Waals surface area contributed by atoms with E-state index >= 15 is 0 Å². The molecule has 2 aliphatic rings. The summed E-state index contributed by atoms with van der Waals surface area (Å²) in [6, 6.07) is 0. The Hall–Kier alpha value is -1.04. The quantitative estimate of drug-likeness (QED) is 0.554. The third-order valence-electron chi connectivity index (χ3n) is 2.78. The van der Waals surface area contributed by atoms with E-state index in [1.54, 1.807) is 11.1 Å². The van der Waals surface area contributed by atoms with Crippen molar-refractivity contribution in [3.63, 3.8) is 0 Å². The van der Waals surface area contributed by atoms with Crippen molar-refractivity contribution in [1.82, 2.24) is 0 Å². The topological polar surface area (TPSA) is 0 Å². The van der Waals surface area contributed by atoms with Gasteiger partial charge in [0.2, 0.25) is 0 Å². The van der Waals surface area contributed by atoms with E-state index in [9.17, 15) is 0 Å². The summed E-state index contributed by atoms with van der Waals surface area (Å²) >= 11 is 0. The molecule has 0 spiro atoms. The lowest BCUT2D eigenvalue weighted by Crippen LogP contribution is -1.96. The maximum atomic E-state index is 2.30. The van der Waals surface area contributed by atoms with E-state index in [0.717, 1.165) is 0 Å². The molecule has 16 heavy (non-hydrogen) atoms. The molecular weight excluding hydrogens is 192 g/mol. The van der Waals surface area contributed by atoms with Gasteiger partial charge in [-0.3, -0.25) is 0 Å².